The number of likely N-dealkylation sites (tertiary alicyclic amines) is 1. The highest BCUT2D eigenvalue weighted by Gasteiger charge is 2.25. The lowest BCUT2D eigenvalue weighted by molar-refractivity contribution is -0.133. The maximum Gasteiger partial charge on any atom is 0.224 e. The lowest BCUT2D eigenvalue weighted by atomic mass is 9.83. The van der Waals surface area contributed by atoms with E-state index in [1.807, 2.05) is 11.0 Å². The van der Waals surface area contributed by atoms with Crippen molar-refractivity contribution in [3.05, 3.63) is 69.1 Å². The van der Waals surface area contributed by atoms with Gasteiger partial charge in [0.05, 0.1) is 39.0 Å². The predicted octanol–water partition coefficient (Wildman–Crippen LogP) is 5.10. The highest BCUT2D eigenvalue weighted by atomic mass is 16.5. The van der Waals surface area contributed by atoms with Crippen LogP contribution in [0.25, 0.3) is 16.0 Å². The second-order valence-corrected chi connectivity index (χ2v) is 10.3. The molecule has 1 amide bonds. The zero-order valence-electron chi connectivity index (χ0n) is 23.4. The fraction of sp³-hybridized carbons (Fsp3) is 0.533. The van der Waals surface area contributed by atoms with Crippen LogP contribution < -0.4 is 0 Å². The first kappa shape index (κ1) is 30.0. The number of azide groups is 1. The highest BCUT2D eigenvalue weighted by Crippen LogP contribution is 2.35. The second kappa shape index (κ2) is 15.7. The third-order valence-electron chi connectivity index (χ3n) is 7.63. The van der Waals surface area contributed by atoms with Gasteiger partial charge in [0, 0.05) is 31.0 Å². The normalized spacial score (nSPS) is 15.6. The number of nitrogens with one attached hydrogen (secondary N) is 1. The molecular formula is C30H37N7O4. The topological polar surface area (TPSA) is 157 Å². The average molecular weight is 560 g/mol. The van der Waals surface area contributed by atoms with Crippen LogP contribution in [0.15, 0.2) is 35.6 Å². The van der Waals surface area contributed by atoms with Gasteiger partial charge in [-0.3, -0.25) is 9.59 Å². The zero-order chi connectivity index (χ0) is 28.9. The molecule has 0 unspecified atom stereocenters. The maximum atomic E-state index is 13.0. The van der Waals surface area contributed by atoms with Gasteiger partial charge in [0.2, 0.25) is 11.7 Å². The summed E-state index contributed by atoms with van der Waals surface area (Å²) in [6.45, 7) is 3.23. The molecule has 1 saturated heterocycles. The van der Waals surface area contributed by atoms with Crippen LogP contribution in [0.3, 0.4) is 0 Å². The van der Waals surface area contributed by atoms with Crippen LogP contribution in [0.4, 0.5) is 0 Å². The molecule has 11 heteroatoms. The van der Waals surface area contributed by atoms with E-state index in [0.717, 1.165) is 43.2 Å². The molecular weight excluding hydrogens is 522 g/mol. The van der Waals surface area contributed by atoms with Crippen LogP contribution in [0, 0.1) is 11.3 Å². The first-order valence-corrected chi connectivity index (χ1v) is 14.3. The third kappa shape index (κ3) is 8.76. The van der Waals surface area contributed by atoms with E-state index in [2.05, 4.69) is 44.3 Å². The fourth-order valence-corrected chi connectivity index (χ4v) is 5.41. The van der Waals surface area contributed by atoms with E-state index in [9.17, 15) is 9.59 Å². The van der Waals surface area contributed by atoms with Gasteiger partial charge in [-0.1, -0.05) is 29.4 Å². The number of rotatable bonds is 14. The van der Waals surface area contributed by atoms with Gasteiger partial charge in [0.1, 0.15) is 11.8 Å². The van der Waals surface area contributed by atoms with E-state index < -0.39 is 0 Å². The Morgan fingerprint density at radius 2 is 1.98 bits per heavy atom. The summed E-state index contributed by atoms with van der Waals surface area (Å²) in [6.07, 6.45) is 10.4. The summed E-state index contributed by atoms with van der Waals surface area (Å²) >= 11 is 0. The molecule has 1 N–H and O–H groups in total. The number of H-pyrrole nitrogens is 1. The van der Waals surface area contributed by atoms with E-state index in [0.29, 0.717) is 58.4 Å². The van der Waals surface area contributed by atoms with Crippen LogP contribution in [0.1, 0.15) is 83.9 Å². The van der Waals surface area contributed by atoms with Gasteiger partial charge in [0.15, 0.2) is 5.82 Å². The Kier molecular flexibility index (Phi) is 11.5. The van der Waals surface area contributed by atoms with Crippen molar-refractivity contribution in [1.82, 2.24) is 14.9 Å². The van der Waals surface area contributed by atoms with Crippen LogP contribution in [-0.4, -0.2) is 72.6 Å². The van der Waals surface area contributed by atoms with E-state index in [1.54, 1.807) is 0 Å². The van der Waals surface area contributed by atoms with Gasteiger partial charge in [-0.2, -0.15) is 5.26 Å². The van der Waals surface area contributed by atoms with Gasteiger partial charge in [0.25, 0.3) is 0 Å². The number of hydrogen-bond acceptors (Lipinski definition) is 7. The summed E-state index contributed by atoms with van der Waals surface area (Å²) in [7, 11) is 0. The molecule has 2 aromatic rings. The predicted molar refractivity (Wildman–Crippen MR) is 153 cm³/mol. The lowest BCUT2D eigenvalue weighted by Gasteiger charge is -2.33. The lowest BCUT2D eigenvalue weighted by Crippen LogP contribution is -2.38. The zero-order valence-corrected chi connectivity index (χ0v) is 23.4. The summed E-state index contributed by atoms with van der Waals surface area (Å²) in [5, 5.41) is 12.4. The van der Waals surface area contributed by atoms with E-state index >= 15 is 0 Å². The summed E-state index contributed by atoms with van der Waals surface area (Å²) in [5.74, 6) is 0.540. The molecule has 4 rings (SSSR count). The van der Waals surface area contributed by atoms with E-state index in [4.69, 9.17) is 20.3 Å². The average Bonchev–Trinajstić information content (AvgIpc) is 3.51. The number of aromatic nitrogens is 2. The van der Waals surface area contributed by atoms with Crippen LogP contribution in [0.5, 0.6) is 0 Å². The second-order valence-electron chi connectivity index (χ2n) is 10.3. The molecule has 2 heterocycles. The van der Waals surface area contributed by atoms with Crippen LogP contribution >= 0.6 is 0 Å². The van der Waals surface area contributed by atoms with Gasteiger partial charge >= 0.3 is 0 Å². The molecule has 216 valence electrons. The van der Waals surface area contributed by atoms with E-state index in [1.165, 1.54) is 23.8 Å². The minimum atomic E-state index is -0.134. The number of ketones is 1. The Morgan fingerprint density at radius 3 is 2.68 bits per heavy atom. The number of carbonyl (C=O) groups is 2. The Balaban J connectivity index is 1.30. The number of allylic oxidation sites excluding steroid dienone is 2. The first-order valence-electron chi connectivity index (χ1n) is 14.3. The summed E-state index contributed by atoms with van der Waals surface area (Å²) in [6, 6.07) is 8.44. The fourth-order valence-electron chi connectivity index (χ4n) is 5.41. The number of ether oxygens (including phenoxy) is 2. The highest BCUT2D eigenvalue weighted by molar-refractivity contribution is 5.95. The largest absolute Gasteiger partial charge is 0.379 e. The molecule has 0 bridgehead atoms. The Hall–Kier alpha value is -3.97. The molecule has 1 fully saturated rings. The molecule has 41 heavy (non-hydrogen) atoms. The molecule has 2 aliphatic rings. The molecule has 1 aliphatic heterocycles. The number of benzene rings is 1. The summed E-state index contributed by atoms with van der Waals surface area (Å²) < 4.78 is 10.8. The summed E-state index contributed by atoms with van der Waals surface area (Å²) in [4.78, 5) is 37.1. The molecule has 0 spiro atoms. The Labute approximate surface area is 240 Å². The number of nitriles is 1. The number of Topliss-reactive ketones (excluding diaryl/α,β-unsaturated/α-hetero) is 1. The SMILES string of the molecule is N#Cc1cnc(C(=O)Cc2ccc(C3CCN(C(=O)CCOCCOCCN=[N+]=[N-])CC3)cc2C2=CCCCC2)[nH]1. The number of imidazole rings is 1. The van der Waals surface area contributed by atoms with Crippen molar-refractivity contribution >= 4 is 17.3 Å². The van der Waals surface area contributed by atoms with Crippen molar-refractivity contribution < 1.29 is 19.1 Å². The van der Waals surface area contributed by atoms with Crippen molar-refractivity contribution in [3.8, 4) is 6.07 Å². The number of hydrogen-bond donors (Lipinski definition) is 1. The molecule has 0 saturated carbocycles. The van der Waals surface area contributed by atoms with Gasteiger partial charge in [-0.05, 0) is 72.2 Å². The van der Waals surface area contributed by atoms with Crippen LogP contribution in [-0.2, 0) is 20.7 Å². The van der Waals surface area contributed by atoms with Crippen molar-refractivity contribution in [2.75, 3.05) is 46.1 Å². The molecule has 0 radical (unpaired) electrons. The number of piperidine rings is 1. The minimum Gasteiger partial charge on any atom is -0.379 e. The van der Waals surface area contributed by atoms with Gasteiger partial charge in [-0.25, -0.2) is 4.98 Å². The number of carbonyl (C=O) groups excluding carboxylic acids is 2. The number of aromatic amines is 1. The molecule has 1 aromatic heterocycles. The molecule has 11 nitrogen and oxygen atoms in total. The van der Waals surface area contributed by atoms with Gasteiger partial charge < -0.3 is 19.4 Å². The monoisotopic (exact) mass is 559 g/mol. The maximum absolute atomic E-state index is 13.0. The number of nitrogens with zero attached hydrogens (tertiary/aromatic N) is 6. The van der Waals surface area contributed by atoms with Crippen molar-refractivity contribution in [2.45, 2.75) is 57.3 Å². The minimum absolute atomic E-state index is 0.104. The quantitative estimate of drug-likeness (QED) is 0.111. The Morgan fingerprint density at radius 1 is 1.17 bits per heavy atom. The standard InChI is InChI=1S/C30H37N7O4/c31-20-26-21-33-30(35-26)28(38)19-25-7-6-24(18-27(25)23-4-2-1-3-5-23)22-8-12-37(13-9-22)29(39)10-14-40-16-17-41-15-11-34-36-32/h4,6-7,18,21-22H,1-3,5,8-17,19H2,(H,33,35). The summed E-state index contributed by atoms with van der Waals surface area (Å²) in [5.41, 5.74) is 13.2. The van der Waals surface area contributed by atoms with Crippen molar-refractivity contribution in [2.24, 2.45) is 5.11 Å². The number of amides is 1. The van der Waals surface area contributed by atoms with Crippen molar-refractivity contribution in [3.63, 3.8) is 0 Å². The molecule has 1 aliphatic carbocycles. The first-order chi connectivity index (χ1) is 20.1. The molecule has 1 aromatic carbocycles. The molecule has 0 atom stereocenters. The van der Waals surface area contributed by atoms with Crippen LogP contribution in [0.2, 0.25) is 0 Å². The van der Waals surface area contributed by atoms with Crippen molar-refractivity contribution in [1.29, 1.82) is 5.26 Å². The van der Waals surface area contributed by atoms with Gasteiger partial charge in [-0.15, -0.1) is 0 Å². The third-order valence-corrected chi connectivity index (χ3v) is 7.63. The van der Waals surface area contributed by atoms with E-state index in [-0.39, 0.29) is 29.6 Å². The Bertz CT molecular complexity index is 1310. The smallest absolute Gasteiger partial charge is 0.224 e.